The van der Waals surface area contributed by atoms with Gasteiger partial charge in [-0.1, -0.05) is 25.5 Å². The first-order valence-electron chi connectivity index (χ1n) is 9.18. The predicted octanol–water partition coefficient (Wildman–Crippen LogP) is 2.84. The molecule has 1 aromatic carbocycles. The number of benzene rings is 1. The Morgan fingerprint density at radius 2 is 2.00 bits per heavy atom. The maximum atomic E-state index is 13.9. The van der Waals surface area contributed by atoms with Gasteiger partial charge in [0.25, 0.3) is 0 Å². The number of anilines is 2. The van der Waals surface area contributed by atoms with Gasteiger partial charge in [0.15, 0.2) is 11.6 Å². The van der Waals surface area contributed by atoms with E-state index in [2.05, 4.69) is 20.0 Å². The van der Waals surface area contributed by atoms with Crippen LogP contribution < -0.4 is 10.0 Å². The molecule has 1 atom stereocenters. The van der Waals surface area contributed by atoms with Crippen molar-refractivity contribution < 1.29 is 22.3 Å². The van der Waals surface area contributed by atoms with E-state index in [-0.39, 0.29) is 29.9 Å². The number of hydrogen-bond donors (Lipinski definition) is 3. The molecule has 2 rings (SSSR count). The number of halogens is 2. The summed E-state index contributed by atoms with van der Waals surface area (Å²) >= 11 is 1.10. The Hall–Kier alpha value is -2.02. The van der Waals surface area contributed by atoms with E-state index in [0.717, 1.165) is 28.6 Å². The second kappa shape index (κ2) is 10.8. The molecule has 30 heavy (non-hydrogen) atoms. The third-order valence-corrected chi connectivity index (χ3v) is 6.38. The van der Waals surface area contributed by atoms with Crippen LogP contribution in [0.3, 0.4) is 0 Å². The lowest BCUT2D eigenvalue weighted by Gasteiger charge is -2.18. The zero-order valence-corrected chi connectivity index (χ0v) is 18.5. The van der Waals surface area contributed by atoms with E-state index in [0.29, 0.717) is 17.3 Å². The van der Waals surface area contributed by atoms with E-state index in [1.165, 1.54) is 26.2 Å². The molecule has 0 saturated carbocycles. The molecule has 2 aromatic rings. The number of aliphatic hydroxyl groups excluding tert-OH is 1. The van der Waals surface area contributed by atoms with Crippen molar-refractivity contribution in [2.45, 2.75) is 36.6 Å². The molecule has 8 nitrogen and oxygen atoms in total. The van der Waals surface area contributed by atoms with E-state index >= 15 is 0 Å². The van der Waals surface area contributed by atoms with Crippen LogP contribution in [0.4, 0.5) is 20.5 Å². The van der Waals surface area contributed by atoms with Crippen LogP contribution in [0.5, 0.6) is 0 Å². The van der Waals surface area contributed by atoms with E-state index in [9.17, 15) is 22.3 Å². The summed E-state index contributed by atoms with van der Waals surface area (Å²) in [5, 5.41) is 12.9. The van der Waals surface area contributed by atoms with Crippen molar-refractivity contribution in [1.29, 1.82) is 0 Å². The highest BCUT2D eigenvalue weighted by Crippen LogP contribution is 2.26. The van der Waals surface area contributed by atoms with Gasteiger partial charge in [0, 0.05) is 31.5 Å². The van der Waals surface area contributed by atoms with Crippen molar-refractivity contribution in [3.63, 3.8) is 0 Å². The lowest BCUT2D eigenvalue weighted by molar-refractivity contribution is 0.268. The maximum Gasteiger partial charge on any atom is 0.303 e. The predicted molar refractivity (Wildman–Crippen MR) is 114 cm³/mol. The Kier molecular flexibility index (Phi) is 8.77. The highest BCUT2D eigenvalue weighted by molar-refractivity contribution is 7.98. The highest BCUT2D eigenvalue weighted by Gasteiger charge is 2.18. The summed E-state index contributed by atoms with van der Waals surface area (Å²) in [7, 11) is -1.13. The molecule has 0 aliphatic heterocycles. The summed E-state index contributed by atoms with van der Waals surface area (Å²) in [6.45, 7) is 1.84. The van der Waals surface area contributed by atoms with Gasteiger partial charge in [-0.3, -0.25) is 0 Å². The fourth-order valence-corrected chi connectivity index (χ4v) is 3.78. The van der Waals surface area contributed by atoms with Gasteiger partial charge in [0.2, 0.25) is 5.95 Å². The van der Waals surface area contributed by atoms with Crippen LogP contribution in [-0.4, -0.2) is 54.5 Å². The van der Waals surface area contributed by atoms with Crippen molar-refractivity contribution in [2.24, 2.45) is 0 Å². The topological polar surface area (TPSA) is 107 Å². The molecule has 0 spiro atoms. The van der Waals surface area contributed by atoms with E-state index in [4.69, 9.17) is 0 Å². The Morgan fingerprint density at radius 1 is 1.27 bits per heavy atom. The van der Waals surface area contributed by atoms with Gasteiger partial charge in [0.05, 0.1) is 12.6 Å². The number of thioether (sulfide) groups is 1. The monoisotopic (exact) mass is 461 g/mol. The first-order chi connectivity index (χ1) is 14.2. The van der Waals surface area contributed by atoms with E-state index in [1.54, 1.807) is 6.07 Å². The quantitative estimate of drug-likeness (QED) is 0.349. The van der Waals surface area contributed by atoms with Crippen molar-refractivity contribution in [2.75, 3.05) is 30.7 Å². The number of hydrogen-bond acceptors (Lipinski definition) is 7. The standard InChI is InChI=1S/C18H25F2N5O3S2/c1-4-6-13(10-26)21-15-9-16(23-18(22-15)24-30(27,28)25(2)3)29-11-12-7-5-8-14(19)17(12)20/h5,7-9,13,26H,4,6,10-11H2,1-3H3,(H2,21,22,23,24)/t13-/m1/s1. The fraction of sp³-hybridized carbons (Fsp3) is 0.444. The Bertz CT molecular complexity index is 961. The van der Waals surface area contributed by atoms with Crippen molar-refractivity contribution in [3.8, 4) is 0 Å². The van der Waals surface area contributed by atoms with Crippen LogP contribution in [-0.2, 0) is 16.0 Å². The van der Waals surface area contributed by atoms with Crippen molar-refractivity contribution in [1.82, 2.24) is 14.3 Å². The Labute approximate surface area is 179 Å². The molecule has 0 bridgehead atoms. The fourth-order valence-electron chi connectivity index (χ4n) is 2.40. The number of aliphatic hydroxyl groups is 1. The Morgan fingerprint density at radius 3 is 2.63 bits per heavy atom. The van der Waals surface area contributed by atoms with Crippen LogP contribution in [0.15, 0.2) is 29.3 Å². The van der Waals surface area contributed by atoms with Crippen molar-refractivity contribution >= 4 is 33.7 Å². The number of nitrogens with zero attached hydrogens (tertiary/aromatic N) is 3. The second-order valence-electron chi connectivity index (χ2n) is 6.62. The summed E-state index contributed by atoms with van der Waals surface area (Å²) in [5.41, 5.74) is 0.155. The summed E-state index contributed by atoms with van der Waals surface area (Å²) < 4.78 is 54.9. The van der Waals surface area contributed by atoms with Crippen LogP contribution >= 0.6 is 11.8 Å². The van der Waals surface area contributed by atoms with E-state index in [1.807, 2.05) is 6.92 Å². The smallest absolute Gasteiger partial charge is 0.303 e. The molecular formula is C18H25F2N5O3S2. The Balaban J connectivity index is 2.31. The van der Waals surface area contributed by atoms with E-state index < -0.39 is 21.8 Å². The molecule has 1 heterocycles. The van der Waals surface area contributed by atoms with Gasteiger partial charge in [-0.05, 0) is 12.5 Å². The van der Waals surface area contributed by atoms with Gasteiger partial charge >= 0.3 is 10.2 Å². The summed E-state index contributed by atoms with van der Waals surface area (Å²) in [6.07, 6.45) is 1.50. The SMILES string of the molecule is CCC[C@H](CO)Nc1cc(SCc2cccc(F)c2F)nc(NS(=O)(=O)N(C)C)n1. The highest BCUT2D eigenvalue weighted by atomic mass is 32.2. The molecule has 0 aliphatic rings. The van der Waals surface area contributed by atoms with Gasteiger partial charge in [-0.15, -0.1) is 11.8 Å². The largest absolute Gasteiger partial charge is 0.394 e. The second-order valence-corrected chi connectivity index (χ2v) is 9.50. The van der Waals surface area contributed by atoms with Gasteiger partial charge in [-0.2, -0.15) is 17.7 Å². The zero-order valence-electron chi connectivity index (χ0n) is 16.9. The molecule has 0 radical (unpaired) electrons. The summed E-state index contributed by atoms with van der Waals surface area (Å²) in [6, 6.07) is 5.20. The molecule has 1 aromatic heterocycles. The van der Waals surface area contributed by atoms with Crippen LogP contribution in [0.25, 0.3) is 0 Å². The number of nitrogens with one attached hydrogen (secondary N) is 2. The molecule has 0 amide bonds. The minimum Gasteiger partial charge on any atom is -0.394 e. The van der Waals surface area contributed by atoms with Gasteiger partial charge in [-0.25, -0.2) is 18.5 Å². The third-order valence-electron chi connectivity index (χ3n) is 4.02. The molecule has 12 heteroatoms. The lowest BCUT2D eigenvalue weighted by Crippen LogP contribution is -2.30. The van der Waals surface area contributed by atoms with Crippen molar-refractivity contribution in [3.05, 3.63) is 41.5 Å². The number of aromatic nitrogens is 2. The third kappa shape index (κ3) is 6.76. The molecular weight excluding hydrogens is 436 g/mol. The van der Waals surface area contributed by atoms with Gasteiger partial charge < -0.3 is 10.4 Å². The average molecular weight is 462 g/mol. The normalized spacial score (nSPS) is 12.8. The van der Waals surface area contributed by atoms with Gasteiger partial charge in [0.1, 0.15) is 10.8 Å². The molecule has 166 valence electrons. The minimum absolute atomic E-state index is 0.0817. The average Bonchev–Trinajstić information content (AvgIpc) is 2.68. The lowest BCUT2D eigenvalue weighted by atomic mass is 10.2. The van der Waals surface area contributed by atoms with Crippen LogP contribution in [0.1, 0.15) is 25.3 Å². The maximum absolute atomic E-state index is 13.9. The van der Waals surface area contributed by atoms with Crippen LogP contribution in [0, 0.1) is 11.6 Å². The molecule has 0 fully saturated rings. The molecule has 0 saturated heterocycles. The first-order valence-corrected chi connectivity index (χ1v) is 11.6. The molecule has 3 N–H and O–H groups in total. The first kappa shape index (κ1) is 24.3. The number of rotatable bonds is 11. The molecule has 0 aliphatic carbocycles. The summed E-state index contributed by atoms with van der Waals surface area (Å²) in [4.78, 5) is 8.32. The molecule has 0 unspecified atom stereocenters. The zero-order chi connectivity index (χ0) is 22.3. The minimum atomic E-state index is -3.85. The summed E-state index contributed by atoms with van der Waals surface area (Å²) in [5.74, 6) is -1.67. The van der Waals surface area contributed by atoms with Crippen LogP contribution in [0.2, 0.25) is 0 Å².